The molecule has 0 aliphatic carbocycles. The molecule has 32 heavy (non-hydrogen) atoms. The van der Waals surface area contributed by atoms with Crippen molar-refractivity contribution < 1.29 is 0 Å². The van der Waals surface area contributed by atoms with Gasteiger partial charge in [0.05, 0.1) is 11.1 Å². The Morgan fingerprint density at radius 2 is 2.22 bits per heavy atom. The maximum absolute atomic E-state index is 6.04. The molecule has 2 N–H and O–H groups in total. The lowest BCUT2D eigenvalue weighted by Gasteiger charge is -2.19. The van der Waals surface area contributed by atoms with E-state index in [9.17, 15) is 0 Å². The summed E-state index contributed by atoms with van der Waals surface area (Å²) in [4.78, 5) is 16.6. The summed E-state index contributed by atoms with van der Waals surface area (Å²) < 4.78 is 0. The number of nitrogens with one attached hydrogen (secondary N) is 2. The molecule has 0 bridgehead atoms. The van der Waals surface area contributed by atoms with Crippen molar-refractivity contribution in [1.29, 1.82) is 0 Å². The van der Waals surface area contributed by atoms with Gasteiger partial charge in [0.15, 0.2) is 0 Å². The molecular weight excluding hydrogens is 420 g/mol. The van der Waals surface area contributed by atoms with Crippen LogP contribution in [0.15, 0.2) is 61.1 Å². The Hall–Kier alpha value is -3.27. The van der Waals surface area contributed by atoms with Gasteiger partial charge in [0, 0.05) is 42.0 Å². The molecule has 1 atom stereocenters. The number of halogens is 1. The number of benzene rings is 1. The SMILES string of the molecule is C=C(/C=C/CN(C)C)N1CC[C@@H](Nc2ncnc3[nH]c(C#Cc4cccc(Cl)c4)cc23)C1. The number of rotatable bonds is 6. The Kier molecular flexibility index (Phi) is 6.79. The fourth-order valence-electron chi connectivity index (χ4n) is 3.67. The molecule has 6 nitrogen and oxygen atoms in total. The zero-order valence-electron chi connectivity index (χ0n) is 18.4. The van der Waals surface area contributed by atoms with Gasteiger partial charge in [-0.15, -0.1) is 0 Å². The standard InChI is InChI=1S/C25H27ClN6/c1-18(6-5-12-31(2)3)32-13-11-22(16-32)30-25-23-15-21(29-24(23)27-17-28-25)10-9-19-7-4-8-20(26)14-19/h4-8,14-15,17,22H,1,11-13,16H2,2-3H3,(H2,27,28,29,30)/b6-5+/t22-/m1/s1. The number of H-pyrrole nitrogens is 1. The first-order valence-electron chi connectivity index (χ1n) is 10.6. The van der Waals surface area contributed by atoms with E-state index in [1.165, 1.54) is 0 Å². The van der Waals surface area contributed by atoms with E-state index in [-0.39, 0.29) is 0 Å². The van der Waals surface area contributed by atoms with Crippen LogP contribution < -0.4 is 5.32 Å². The van der Waals surface area contributed by atoms with Crippen molar-refractivity contribution in [1.82, 2.24) is 24.8 Å². The summed E-state index contributed by atoms with van der Waals surface area (Å²) in [6.07, 6.45) is 6.84. The summed E-state index contributed by atoms with van der Waals surface area (Å²) >= 11 is 6.04. The van der Waals surface area contributed by atoms with Crippen LogP contribution in [0.25, 0.3) is 11.0 Å². The number of hydrogen-bond donors (Lipinski definition) is 2. The smallest absolute Gasteiger partial charge is 0.143 e. The topological polar surface area (TPSA) is 60.1 Å². The minimum atomic E-state index is 0.294. The molecule has 0 radical (unpaired) electrons. The molecule has 0 amide bonds. The molecular formula is C25H27ClN6. The zero-order valence-corrected chi connectivity index (χ0v) is 19.2. The lowest BCUT2D eigenvalue weighted by atomic mass is 10.2. The molecule has 1 aliphatic heterocycles. The fraction of sp³-hybridized carbons (Fsp3) is 0.280. The minimum absolute atomic E-state index is 0.294. The molecule has 0 saturated carbocycles. The predicted molar refractivity (Wildman–Crippen MR) is 132 cm³/mol. The van der Waals surface area contributed by atoms with Gasteiger partial charge in [-0.3, -0.25) is 0 Å². The van der Waals surface area contributed by atoms with Gasteiger partial charge >= 0.3 is 0 Å². The van der Waals surface area contributed by atoms with E-state index in [0.717, 1.165) is 59.9 Å². The molecule has 1 aromatic carbocycles. The van der Waals surface area contributed by atoms with E-state index in [4.69, 9.17) is 11.6 Å². The van der Waals surface area contributed by atoms with Crippen LogP contribution in [-0.2, 0) is 0 Å². The first-order chi connectivity index (χ1) is 15.5. The number of likely N-dealkylation sites (tertiary alicyclic amines) is 1. The second-order valence-electron chi connectivity index (χ2n) is 8.16. The number of allylic oxidation sites excluding steroid dienone is 1. The van der Waals surface area contributed by atoms with E-state index < -0.39 is 0 Å². The van der Waals surface area contributed by atoms with E-state index >= 15 is 0 Å². The third kappa shape index (κ3) is 5.50. The normalized spacial score (nSPS) is 16.0. The Labute approximate surface area is 194 Å². The number of aromatic nitrogens is 3. The molecule has 0 unspecified atom stereocenters. The van der Waals surface area contributed by atoms with E-state index in [1.807, 2.05) is 30.3 Å². The summed E-state index contributed by atoms with van der Waals surface area (Å²) in [5.41, 5.74) is 3.47. The molecule has 3 aromatic rings. The van der Waals surface area contributed by atoms with Crippen molar-refractivity contribution in [2.75, 3.05) is 39.0 Å². The minimum Gasteiger partial charge on any atom is -0.370 e. The third-order valence-electron chi connectivity index (χ3n) is 5.31. The van der Waals surface area contributed by atoms with Crippen molar-refractivity contribution in [2.24, 2.45) is 0 Å². The fourth-order valence-corrected chi connectivity index (χ4v) is 3.86. The Morgan fingerprint density at radius 3 is 3.03 bits per heavy atom. The number of hydrogen-bond acceptors (Lipinski definition) is 5. The third-order valence-corrected chi connectivity index (χ3v) is 5.54. The molecule has 1 saturated heterocycles. The summed E-state index contributed by atoms with van der Waals surface area (Å²) in [6, 6.07) is 9.79. The highest BCUT2D eigenvalue weighted by Gasteiger charge is 2.23. The van der Waals surface area contributed by atoms with Crippen molar-refractivity contribution in [3.05, 3.63) is 77.4 Å². The van der Waals surface area contributed by atoms with Gasteiger partial charge in [-0.2, -0.15) is 0 Å². The van der Waals surface area contributed by atoms with Crippen molar-refractivity contribution in [3.8, 4) is 11.8 Å². The lowest BCUT2D eigenvalue weighted by molar-refractivity contribution is 0.434. The maximum atomic E-state index is 6.04. The van der Waals surface area contributed by atoms with Gasteiger partial charge in [-0.1, -0.05) is 36.2 Å². The number of fused-ring (bicyclic) bond motifs is 1. The van der Waals surface area contributed by atoms with Crippen LogP contribution >= 0.6 is 11.6 Å². The van der Waals surface area contributed by atoms with Crippen LogP contribution in [0.5, 0.6) is 0 Å². The average Bonchev–Trinajstić information content (AvgIpc) is 3.39. The highest BCUT2D eigenvalue weighted by atomic mass is 35.5. The van der Waals surface area contributed by atoms with Crippen LogP contribution in [0, 0.1) is 11.8 Å². The van der Waals surface area contributed by atoms with Gasteiger partial charge in [0.1, 0.15) is 17.8 Å². The molecule has 7 heteroatoms. The first kappa shape index (κ1) is 21.9. The lowest BCUT2D eigenvalue weighted by Crippen LogP contribution is -2.25. The zero-order chi connectivity index (χ0) is 22.5. The molecule has 1 aliphatic rings. The monoisotopic (exact) mass is 446 g/mol. The van der Waals surface area contributed by atoms with E-state index in [0.29, 0.717) is 11.1 Å². The molecule has 1 fully saturated rings. The average molecular weight is 447 g/mol. The predicted octanol–water partition coefficient (Wildman–Crippen LogP) is 4.13. The van der Waals surface area contributed by atoms with Crippen LogP contribution in [0.4, 0.5) is 5.82 Å². The molecule has 0 spiro atoms. The van der Waals surface area contributed by atoms with Gasteiger partial charge in [0.25, 0.3) is 0 Å². The highest BCUT2D eigenvalue weighted by Crippen LogP contribution is 2.24. The van der Waals surface area contributed by atoms with Gasteiger partial charge < -0.3 is 20.1 Å². The first-order valence-corrected chi connectivity index (χ1v) is 11.0. The summed E-state index contributed by atoms with van der Waals surface area (Å²) in [7, 11) is 4.11. The molecule has 3 heterocycles. The molecule has 164 valence electrons. The van der Waals surface area contributed by atoms with Gasteiger partial charge in [-0.05, 0) is 56.8 Å². The Balaban J connectivity index is 1.44. The van der Waals surface area contributed by atoms with Crippen molar-refractivity contribution in [2.45, 2.75) is 12.5 Å². The largest absolute Gasteiger partial charge is 0.370 e. The van der Waals surface area contributed by atoms with Crippen molar-refractivity contribution in [3.63, 3.8) is 0 Å². The molecule has 2 aromatic heterocycles. The van der Waals surface area contributed by atoms with Crippen LogP contribution in [0.1, 0.15) is 17.7 Å². The van der Waals surface area contributed by atoms with Gasteiger partial charge in [0.2, 0.25) is 0 Å². The van der Waals surface area contributed by atoms with E-state index in [2.05, 4.69) is 74.7 Å². The summed E-state index contributed by atoms with van der Waals surface area (Å²) in [6.45, 7) is 6.99. The Bertz CT molecular complexity index is 1200. The second kappa shape index (κ2) is 9.90. The number of aromatic amines is 1. The second-order valence-corrected chi connectivity index (χ2v) is 8.60. The number of anilines is 1. The number of likely N-dealkylation sites (N-methyl/N-ethyl adjacent to an activating group) is 1. The summed E-state index contributed by atoms with van der Waals surface area (Å²) in [5, 5.41) is 5.20. The van der Waals surface area contributed by atoms with Gasteiger partial charge in [-0.25, -0.2) is 9.97 Å². The van der Waals surface area contributed by atoms with Crippen LogP contribution in [0.3, 0.4) is 0 Å². The maximum Gasteiger partial charge on any atom is 0.143 e. The quantitative estimate of drug-likeness (QED) is 0.440. The van der Waals surface area contributed by atoms with Crippen LogP contribution in [-0.4, -0.2) is 64.5 Å². The molecule has 4 rings (SSSR count). The summed E-state index contributed by atoms with van der Waals surface area (Å²) in [5.74, 6) is 7.12. The van der Waals surface area contributed by atoms with Crippen LogP contribution in [0.2, 0.25) is 5.02 Å². The highest BCUT2D eigenvalue weighted by molar-refractivity contribution is 6.30. The van der Waals surface area contributed by atoms with E-state index in [1.54, 1.807) is 6.33 Å². The Morgan fingerprint density at radius 1 is 1.34 bits per heavy atom. The number of nitrogens with zero attached hydrogens (tertiary/aromatic N) is 4. The van der Waals surface area contributed by atoms with Crippen molar-refractivity contribution >= 4 is 28.5 Å².